The lowest BCUT2D eigenvalue weighted by Crippen LogP contribution is -2.13. The summed E-state index contributed by atoms with van der Waals surface area (Å²) >= 11 is 0. The summed E-state index contributed by atoms with van der Waals surface area (Å²) in [4.78, 5) is 16.0. The Kier molecular flexibility index (Phi) is 3.84. The Hall–Kier alpha value is -2.63. The molecule has 2 rings (SSSR count). The second kappa shape index (κ2) is 5.56. The molecule has 0 aliphatic rings. The molecule has 104 valence electrons. The van der Waals surface area contributed by atoms with Crippen LogP contribution in [0.15, 0.2) is 30.3 Å². The number of anilines is 2. The average molecular weight is 275 g/mol. The minimum absolute atomic E-state index is 0.118. The Morgan fingerprint density at radius 2 is 2.10 bits per heavy atom. The Bertz CT molecular complexity index is 639. The van der Waals surface area contributed by atoms with Gasteiger partial charge in [-0.3, -0.25) is 4.79 Å². The maximum Gasteiger partial charge on any atom is 0.255 e. The number of carbonyl (C=O) groups excluding carboxylic acids is 1. The number of ether oxygens (including phenoxy) is 1. The van der Waals surface area contributed by atoms with Crippen LogP contribution in [0.2, 0.25) is 0 Å². The van der Waals surface area contributed by atoms with Gasteiger partial charge in [0.1, 0.15) is 5.82 Å². The Morgan fingerprint density at radius 3 is 2.70 bits per heavy atom. The molecule has 0 atom stereocenters. The summed E-state index contributed by atoms with van der Waals surface area (Å²) in [5, 5.41) is 2.59. The van der Waals surface area contributed by atoms with E-state index in [1.54, 1.807) is 19.1 Å². The Morgan fingerprint density at radius 1 is 1.35 bits per heavy atom. The molecule has 5 nitrogen and oxygen atoms in total. The molecule has 1 aromatic heterocycles. The summed E-state index contributed by atoms with van der Waals surface area (Å²) in [6.07, 6.45) is 0. The molecule has 3 N–H and O–H groups in total. The quantitative estimate of drug-likeness (QED) is 0.901. The minimum atomic E-state index is -0.546. The van der Waals surface area contributed by atoms with Crippen molar-refractivity contribution in [2.24, 2.45) is 0 Å². The van der Waals surface area contributed by atoms with E-state index in [1.807, 2.05) is 0 Å². The van der Waals surface area contributed by atoms with E-state index in [1.165, 1.54) is 25.3 Å². The van der Waals surface area contributed by atoms with E-state index in [2.05, 4.69) is 10.3 Å². The highest BCUT2D eigenvalue weighted by Gasteiger charge is 2.10. The van der Waals surface area contributed by atoms with E-state index in [-0.39, 0.29) is 17.5 Å². The maximum atomic E-state index is 13.5. The van der Waals surface area contributed by atoms with Crippen molar-refractivity contribution in [2.75, 3.05) is 18.2 Å². The van der Waals surface area contributed by atoms with Crippen LogP contribution in [0.5, 0.6) is 5.75 Å². The lowest BCUT2D eigenvalue weighted by Gasteiger charge is -2.08. The fourth-order valence-electron chi connectivity index (χ4n) is 1.77. The van der Waals surface area contributed by atoms with Crippen LogP contribution >= 0.6 is 0 Å². The number of halogens is 1. The molecule has 0 spiro atoms. The van der Waals surface area contributed by atoms with Gasteiger partial charge < -0.3 is 15.8 Å². The molecule has 0 aliphatic heterocycles. The molecule has 2 aromatic rings. The normalized spacial score (nSPS) is 10.2. The topological polar surface area (TPSA) is 77.2 Å². The number of carbonyl (C=O) groups is 1. The second-order valence-corrected chi connectivity index (χ2v) is 4.23. The first-order valence-electron chi connectivity index (χ1n) is 5.88. The summed E-state index contributed by atoms with van der Waals surface area (Å²) in [5.74, 6) is -0.550. The molecule has 0 saturated heterocycles. The van der Waals surface area contributed by atoms with Gasteiger partial charge in [0.2, 0.25) is 0 Å². The van der Waals surface area contributed by atoms with Crippen LogP contribution in [0.3, 0.4) is 0 Å². The van der Waals surface area contributed by atoms with Gasteiger partial charge >= 0.3 is 0 Å². The van der Waals surface area contributed by atoms with Crippen molar-refractivity contribution in [3.63, 3.8) is 0 Å². The van der Waals surface area contributed by atoms with Crippen molar-refractivity contribution in [1.82, 2.24) is 4.98 Å². The van der Waals surface area contributed by atoms with E-state index in [9.17, 15) is 9.18 Å². The number of benzene rings is 1. The third kappa shape index (κ3) is 3.03. The Labute approximate surface area is 115 Å². The first kappa shape index (κ1) is 13.8. The van der Waals surface area contributed by atoms with Gasteiger partial charge in [0.05, 0.1) is 7.11 Å². The number of rotatable bonds is 3. The number of hydrogen-bond acceptors (Lipinski definition) is 4. The fraction of sp³-hybridized carbons (Fsp3) is 0.143. The number of nitrogens with two attached hydrogens (primary N) is 1. The third-order valence-corrected chi connectivity index (χ3v) is 2.65. The standard InChI is InChI=1S/C14H14FN3O2/c1-8-5-9(6-13(16)17-8)14(19)18-10-3-4-12(20-2)11(15)7-10/h3-7H,1-2H3,(H2,16,17)(H,18,19). The van der Waals surface area contributed by atoms with Crippen LogP contribution in [0.4, 0.5) is 15.9 Å². The van der Waals surface area contributed by atoms with Gasteiger partial charge in [0.25, 0.3) is 5.91 Å². The number of pyridine rings is 1. The highest BCUT2D eigenvalue weighted by molar-refractivity contribution is 6.04. The summed E-state index contributed by atoms with van der Waals surface area (Å²) < 4.78 is 18.3. The van der Waals surface area contributed by atoms with Gasteiger partial charge in [0.15, 0.2) is 11.6 Å². The van der Waals surface area contributed by atoms with Gasteiger partial charge in [0, 0.05) is 23.0 Å². The molecule has 0 fully saturated rings. The van der Waals surface area contributed by atoms with Crippen molar-refractivity contribution in [3.8, 4) is 5.75 Å². The van der Waals surface area contributed by atoms with Crippen LogP contribution in [0, 0.1) is 12.7 Å². The number of amides is 1. The van der Waals surface area contributed by atoms with Gasteiger partial charge in [-0.1, -0.05) is 0 Å². The molecule has 0 unspecified atom stereocenters. The van der Waals surface area contributed by atoms with Crippen LogP contribution in [-0.4, -0.2) is 18.0 Å². The molecule has 0 radical (unpaired) electrons. The Balaban J connectivity index is 2.21. The summed E-state index contributed by atoms with van der Waals surface area (Å²) in [6, 6.07) is 7.25. The molecule has 0 bridgehead atoms. The lowest BCUT2D eigenvalue weighted by molar-refractivity contribution is 0.102. The zero-order valence-electron chi connectivity index (χ0n) is 11.1. The first-order chi connectivity index (χ1) is 9.49. The minimum Gasteiger partial charge on any atom is -0.494 e. The number of hydrogen-bond donors (Lipinski definition) is 2. The van der Waals surface area contributed by atoms with Crippen LogP contribution in [-0.2, 0) is 0 Å². The van der Waals surface area contributed by atoms with Crippen molar-refractivity contribution >= 4 is 17.4 Å². The monoisotopic (exact) mass is 275 g/mol. The molecule has 1 amide bonds. The van der Waals surface area contributed by atoms with Gasteiger partial charge in [-0.15, -0.1) is 0 Å². The fourth-order valence-corrected chi connectivity index (χ4v) is 1.77. The first-order valence-corrected chi connectivity index (χ1v) is 5.88. The number of aromatic nitrogens is 1. The third-order valence-electron chi connectivity index (χ3n) is 2.65. The van der Waals surface area contributed by atoms with Gasteiger partial charge in [-0.25, -0.2) is 9.37 Å². The highest BCUT2D eigenvalue weighted by Crippen LogP contribution is 2.21. The smallest absolute Gasteiger partial charge is 0.255 e. The SMILES string of the molecule is COc1ccc(NC(=O)c2cc(C)nc(N)c2)cc1F. The number of methoxy groups -OCH3 is 1. The van der Waals surface area contributed by atoms with Crippen molar-refractivity contribution in [3.05, 3.63) is 47.4 Å². The van der Waals surface area contributed by atoms with Crippen molar-refractivity contribution < 1.29 is 13.9 Å². The predicted octanol–water partition coefficient (Wildman–Crippen LogP) is 2.37. The number of nitrogens with zero attached hydrogens (tertiary/aromatic N) is 1. The summed E-state index contributed by atoms with van der Waals surface area (Å²) in [5.41, 5.74) is 6.92. The molecular weight excluding hydrogens is 261 g/mol. The van der Waals surface area contributed by atoms with E-state index >= 15 is 0 Å². The molecule has 6 heteroatoms. The number of aryl methyl sites for hydroxylation is 1. The van der Waals surface area contributed by atoms with E-state index in [0.29, 0.717) is 16.9 Å². The zero-order chi connectivity index (χ0) is 14.7. The largest absolute Gasteiger partial charge is 0.494 e. The van der Waals surface area contributed by atoms with E-state index in [0.717, 1.165) is 0 Å². The van der Waals surface area contributed by atoms with Crippen LogP contribution in [0.1, 0.15) is 16.1 Å². The highest BCUT2D eigenvalue weighted by atomic mass is 19.1. The molecule has 0 aliphatic carbocycles. The molecular formula is C14H14FN3O2. The predicted molar refractivity (Wildman–Crippen MR) is 74.3 cm³/mol. The molecule has 1 heterocycles. The van der Waals surface area contributed by atoms with E-state index in [4.69, 9.17) is 10.5 Å². The molecule has 1 aromatic carbocycles. The molecule has 20 heavy (non-hydrogen) atoms. The van der Waals surface area contributed by atoms with Gasteiger partial charge in [-0.05, 0) is 31.2 Å². The van der Waals surface area contributed by atoms with Crippen molar-refractivity contribution in [2.45, 2.75) is 6.92 Å². The van der Waals surface area contributed by atoms with Crippen molar-refractivity contribution in [1.29, 1.82) is 0 Å². The van der Waals surface area contributed by atoms with Crippen LogP contribution in [0.25, 0.3) is 0 Å². The van der Waals surface area contributed by atoms with E-state index < -0.39 is 5.82 Å². The van der Waals surface area contributed by atoms with Gasteiger partial charge in [-0.2, -0.15) is 0 Å². The number of nitrogen functional groups attached to an aromatic ring is 1. The maximum absolute atomic E-state index is 13.5. The molecule has 0 saturated carbocycles. The van der Waals surface area contributed by atoms with Crippen LogP contribution < -0.4 is 15.8 Å². The second-order valence-electron chi connectivity index (χ2n) is 4.23. The summed E-state index contributed by atoms with van der Waals surface area (Å²) in [6.45, 7) is 1.74. The number of nitrogens with one attached hydrogen (secondary N) is 1. The average Bonchev–Trinajstić information content (AvgIpc) is 2.37. The lowest BCUT2D eigenvalue weighted by atomic mass is 10.2. The zero-order valence-corrected chi connectivity index (χ0v) is 11.1. The summed E-state index contributed by atoms with van der Waals surface area (Å²) in [7, 11) is 1.37.